The number of halogens is 1. The van der Waals surface area contributed by atoms with Gasteiger partial charge in [0.1, 0.15) is 0 Å². The number of fused-ring (bicyclic) bond motifs is 1. The molecule has 112 valence electrons. The number of amides is 1. The van der Waals surface area contributed by atoms with Crippen molar-refractivity contribution in [3.05, 3.63) is 63.3 Å². The van der Waals surface area contributed by atoms with Crippen LogP contribution in [0.1, 0.15) is 27.2 Å². The van der Waals surface area contributed by atoms with Crippen LogP contribution in [-0.2, 0) is 0 Å². The van der Waals surface area contributed by atoms with E-state index in [2.05, 4.69) is 33.2 Å². The first-order valence-electron chi connectivity index (χ1n) is 7.12. The summed E-state index contributed by atoms with van der Waals surface area (Å²) in [6.45, 7) is 6.08. The number of carbonyl (C=O) groups excluding carboxylic acids is 1. The number of rotatable bonds is 2. The van der Waals surface area contributed by atoms with Gasteiger partial charge in [-0.1, -0.05) is 15.9 Å². The molecule has 0 atom stereocenters. The fourth-order valence-corrected chi connectivity index (χ4v) is 3.04. The molecule has 1 aromatic heterocycles. The first kappa shape index (κ1) is 14.9. The van der Waals surface area contributed by atoms with Gasteiger partial charge in [-0.25, -0.2) is 0 Å². The van der Waals surface area contributed by atoms with Gasteiger partial charge >= 0.3 is 0 Å². The molecule has 0 aliphatic heterocycles. The zero-order chi connectivity index (χ0) is 15.9. The second-order valence-electron chi connectivity index (χ2n) is 5.55. The van der Waals surface area contributed by atoms with E-state index >= 15 is 0 Å². The lowest BCUT2D eigenvalue weighted by Crippen LogP contribution is -2.12. The molecule has 3 nitrogen and oxygen atoms in total. The Balaban J connectivity index is 1.93. The van der Waals surface area contributed by atoms with Crippen molar-refractivity contribution in [2.45, 2.75) is 20.8 Å². The first-order chi connectivity index (χ1) is 10.5. The van der Waals surface area contributed by atoms with Crippen LogP contribution in [0.2, 0.25) is 0 Å². The quantitative estimate of drug-likeness (QED) is 0.658. The second-order valence-corrected chi connectivity index (χ2v) is 6.46. The molecule has 22 heavy (non-hydrogen) atoms. The van der Waals surface area contributed by atoms with E-state index in [4.69, 9.17) is 0 Å². The Morgan fingerprint density at radius 2 is 1.86 bits per heavy atom. The summed E-state index contributed by atoms with van der Waals surface area (Å²) < 4.78 is 1.00. The number of carbonyl (C=O) groups is 1. The average molecular weight is 357 g/mol. The second kappa shape index (κ2) is 5.61. The summed E-state index contributed by atoms with van der Waals surface area (Å²) in [5.41, 5.74) is 5.90. The van der Waals surface area contributed by atoms with Gasteiger partial charge in [0.25, 0.3) is 5.91 Å². The van der Waals surface area contributed by atoms with E-state index in [-0.39, 0.29) is 5.91 Å². The highest BCUT2D eigenvalue weighted by Gasteiger charge is 2.11. The summed E-state index contributed by atoms with van der Waals surface area (Å²) in [6.07, 6.45) is 0. The van der Waals surface area contributed by atoms with Gasteiger partial charge in [0, 0.05) is 32.3 Å². The molecule has 0 saturated carbocycles. The van der Waals surface area contributed by atoms with E-state index < -0.39 is 0 Å². The van der Waals surface area contributed by atoms with Crippen LogP contribution >= 0.6 is 15.9 Å². The highest BCUT2D eigenvalue weighted by molar-refractivity contribution is 9.10. The molecular weight excluding hydrogens is 340 g/mol. The molecular formula is C18H17BrN2O. The number of aryl methyl sites for hydroxylation is 3. The van der Waals surface area contributed by atoms with Crippen LogP contribution in [0.3, 0.4) is 0 Å². The first-order valence-corrected chi connectivity index (χ1v) is 7.91. The third-order valence-corrected chi connectivity index (χ3v) is 4.50. The maximum Gasteiger partial charge on any atom is 0.255 e. The van der Waals surface area contributed by atoms with Gasteiger partial charge in [0.15, 0.2) is 0 Å². The van der Waals surface area contributed by atoms with Crippen molar-refractivity contribution in [3.8, 4) is 0 Å². The molecule has 2 aromatic carbocycles. The summed E-state index contributed by atoms with van der Waals surface area (Å²) in [4.78, 5) is 15.8. The van der Waals surface area contributed by atoms with Crippen molar-refractivity contribution in [1.29, 1.82) is 0 Å². The normalized spacial score (nSPS) is 10.9. The third kappa shape index (κ3) is 2.66. The summed E-state index contributed by atoms with van der Waals surface area (Å²) in [7, 11) is 0. The Kier molecular flexibility index (Phi) is 3.79. The zero-order valence-electron chi connectivity index (χ0n) is 12.8. The van der Waals surface area contributed by atoms with Crippen molar-refractivity contribution < 1.29 is 4.79 Å². The average Bonchev–Trinajstić information content (AvgIpc) is 2.77. The molecule has 1 heterocycles. The van der Waals surface area contributed by atoms with Gasteiger partial charge in [0.05, 0.1) is 0 Å². The number of aromatic amines is 1. The minimum absolute atomic E-state index is 0.0921. The molecule has 0 spiro atoms. The van der Waals surface area contributed by atoms with Crippen molar-refractivity contribution in [3.63, 3.8) is 0 Å². The summed E-state index contributed by atoms with van der Waals surface area (Å²) >= 11 is 3.43. The smallest absolute Gasteiger partial charge is 0.255 e. The fourth-order valence-electron chi connectivity index (χ4n) is 2.56. The SMILES string of the molecule is Cc1cc(Br)ccc1NC(=O)c1ccc2[nH]c(C)c(C)c2c1. The van der Waals surface area contributed by atoms with Gasteiger partial charge in [-0.05, 0) is 68.3 Å². The Hall–Kier alpha value is -2.07. The van der Waals surface area contributed by atoms with E-state index in [0.717, 1.165) is 32.3 Å². The van der Waals surface area contributed by atoms with E-state index in [1.807, 2.05) is 50.2 Å². The number of aromatic nitrogens is 1. The van der Waals surface area contributed by atoms with Crippen molar-refractivity contribution in [2.24, 2.45) is 0 Å². The molecule has 0 unspecified atom stereocenters. The summed E-state index contributed by atoms with van der Waals surface area (Å²) in [5, 5.41) is 4.07. The highest BCUT2D eigenvalue weighted by atomic mass is 79.9. The van der Waals surface area contributed by atoms with Crippen LogP contribution in [-0.4, -0.2) is 10.9 Å². The Morgan fingerprint density at radius 1 is 1.09 bits per heavy atom. The molecule has 0 aliphatic rings. The highest BCUT2D eigenvalue weighted by Crippen LogP contribution is 2.24. The van der Waals surface area contributed by atoms with Crippen LogP contribution in [0.15, 0.2) is 40.9 Å². The standard InChI is InChI=1S/C18H17BrN2O/c1-10-8-14(19)5-7-16(10)21-18(22)13-4-6-17-15(9-13)11(2)12(3)20-17/h4-9,20H,1-3H3,(H,21,22). The van der Waals surface area contributed by atoms with Crippen LogP contribution in [0.4, 0.5) is 5.69 Å². The number of hydrogen-bond acceptors (Lipinski definition) is 1. The van der Waals surface area contributed by atoms with Crippen LogP contribution in [0, 0.1) is 20.8 Å². The predicted molar refractivity (Wildman–Crippen MR) is 94.6 cm³/mol. The van der Waals surface area contributed by atoms with Gasteiger partial charge in [-0.3, -0.25) is 4.79 Å². The Bertz CT molecular complexity index is 880. The van der Waals surface area contributed by atoms with E-state index in [1.165, 1.54) is 5.56 Å². The van der Waals surface area contributed by atoms with Crippen LogP contribution in [0.5, 0.6) is 0 Å². The van der Waals surface area contributed by atoms with Gasteiger partial charge in [-0.2, -0.15) is 0 Å². The van der Waals surface area contributed by atoms with Crippen molar-refractivity contribution >= 4 is 38.4 Å². The topological polar surface area (TPSA) is 44.9 Å². The van der Waals surface area contributed by atoms with E-state index in [9.17, 15) is 4.79 Å². The minimum atomic E-state index is -0.0921. The lowest BCUT2D eigenvalue weighted by molar-refractivity contribution is 0.102. The molecule has 1 amide bonds. The molecule has 3 aromatic rings. The Morgan fingerprint density at radius 3 is 2.59 bits per heavy atom. The lowest BCUT2D eigenvalue weighted by atomic mass is 10.1. The minimum Gasteiger partial charge on any atom is -0.358 e. The number of H-pyrrole nitrogens is 1. The monoisotopic (exact) mass is 356 g/mol. The lowest BCUT2D eigenvalue weighted by Gasteiger charge is -2.09. The van der Waals surface area contributed by atoms with E-state index in [0.29, 0.717) is 5.56 Å². The number of hydrogen-bond donors (Lipinski definition) is 2. The number of benzene rings is 2. The predicted octanol–water partition coefficient (Wildman–Crippen LogP) is 5.11. The van der Waals surface area contributed by atoms with Crippen molar-refractivity contribution in [1.82, 2.24) is 4.98 Å². The molecule has 0 bridgehead atoms. The van der Waals surface area contributed by atoms with Crippen molar-refractivity contribution in [2.75, 3.05) is 5.32 Å². The fraction of sp³-hybridized carbons (Fsp3) is 0.167. The van der Waals surface area contributed by atoms with Gasteiger partial charge < -0.3 is 10.3 Å². The zero-order valence-corrected chi connectivity index (χ0v) is 14.3. The van der Waals surface area contributed by atoms with E-state index in [1.54, 1.807) is 0 Å². The molecule has 0 saturated heterocycles. The summed E-state index contributed by atoms with van der Waals surface area (Å²) in [6, 6.07) is 11.6. The molecule has 0 fully saturated rings. The largest absolute Gasteiger partial charge is 0.358 e. The van der Waals surface area contributed by atoms with Gasteiger partial charge in [-0.15, -0.1) is 0 Å². The Labute approximate surface area is 137 Å². The molecule has 0 aliphatic carbocycles. The van der Waals surface area contributed by atoms with Gasteiger partial charge in [0.2, 0.25) is 0 Å². The molecule has 3 rings (SSSR count). The third-order valence-electron chi connectivity index (χ3n) is 4.01. The molecule has 4 heteroatoms. The number of anilines is 1. The molecule has 0 radical (unpaired) electrons. The van der Waals surface area contributed by atoms with Crippen LogP contribution in [0.25, 0.3) is 10.9 Å². The van der Waals surface area contributed by atoms with Crippen LogP contribution < -0.4 is 5.32 Å². The summed E-state index contributed by atoms with van der Waals surface area (Å²) in [5.74, 6) is -0.0921. The maximum absolute atomic E-state index is 12.5. The maximum atomic E-state index is 12.5. The molecule has 2 N–H and O–H groups in total. The number of nitrogens with one attached hydrogen (secondary N) is 2.